The summed E-state index contributed by atoms with van der Waals surface area (Å²) in [6.07, 6.45) is 2.39. The smallest absolute Gasteiger partial charge is 0.125 e. The van der Waals surface area contributed by atoms with E-state index < -0.39 is 0 Å². The first kappa shape index (κ1) is 14.8. The van der Waals surface area contributed by atoms with Gasteiger partial charge in [-0.05, 0) is 48.6 Å². The fourth-order valence-corrected chi connectivity index (χ4v) is 3.23. The summed E-state index contributed by atoms with van der Waals surface area (Å²) in [5.41, 5.74) is 7.09. The minimum Gasteiger partial charge on any atom is -0.329 e. The molecule has 1 unspecified atom stereocenters. The maximum absolute atomic E-state index is 13.5. The van der Waals surface area contributed by atoms with Crippen molar-refractivity contribution in [3.8, 4) is 0 Å². The second-order valence-electron chi connectivity index (χ2n) is 6.19. The molecule has 1 atom stereocenters. The molecule has 1 aromatic rings. The van der Waals surface area contributed by atoms with Crippen LogP contribution < -0.4 is 5.73 Å². The van der Waals surface area contributed by atoms with E-state index >= 15 is 0 Å². The van der Waals surface area contributed by atoms with E-state index in [9.17, 15) is 4.39 Å². The lowest BCUT2D eigenvalue weighted by Crippen LogP contribution is -2.44. The van der Waals surface area contributed by atoms with Crippen molar-refractivity contribution >= 4 is 11.6 Å². The average Bonchev–Trinajstić information content (AvgIpc) is 2.27. The Morgan fingerprint density at radius 2 is 2.16 bits per heavy atom. The molecule has 19 heavy (non-hydrogen) atoms. The number of piperidine rings is 1. The van der Waals surface area contributed by atoms with Crippen molar-refractivity contribution in [3.63, 3.8) is 0 Å². The highest BCUT2D eigenvalue weighted by atomic mass is 35.5. The first-order chi connectivity index (χ1) is 8.91. The molecule has 1 fully saturated rings. The van der Waals surface area contributed by atoms with E-state index in [2.05, 4.69) is 18.7 Å². The van der Waals surface area contributed by atoms with Gasteiger partial charge in [-0.1, -0.05) is 25.4 Å². The zero-order valence-corrected chi connectivity index (χ0v) is 12.4. The summed E-state index contributed by atoms with van der Waals surface area (Å²) in [4.78, 5) is 2.36. The van der Waals surface area contributed by atoms with Crippen LogP contribution >= 0.6 is 11.6 Å². The molecule has 0 aromatic heterocycles. The second-order valence-corrected chi connectivity index (χ2v) is 6.63. The number of likely N-dealkylation sites (tertiary alicyclic amines) is 1. The summed E-state index contributed by atoms with van der Waals surface area (Å²) in [5, 5.41) is 0.435. The molecule has 2 N–H and O–H groups in total. The Kier molecular flexibility index (Phi) is 4.49. The predicted molar refractivity (Wildman–Crippen MR) is 77.8 cm³/mol. The van der Waals surface area contributed by atoms with Crippen LogP contribution in [-0.2, 0) is 0 Å². The molecule has 2 rings (SSSR count). The van der Waals surface area contributed by atoms with Crippen LogP contribution in [0.25, 0.3) is 0 Å². The van der Waals surface area contributed by atoms with E-state index in [1.165, 1.54) is 12.5 Å². The fourth-order valence-electron chi connectivity index (χ4n) is 3.00. The van der Waals surface area contributed by atoms with Crippen LogP contribution in [0.4, 0.5) is 4.39 Å². The van der Waals surface area contributed by atoms with E-state index in [1.54, 1.807) is 6.07 Å². The topological polar surface area (TPSA) is 29.3 Å². The van der Waals surface area contributed by atoms with Crippen molar-refractivity contribution in [3.05, 3.63) is 34.6 Å². The Hall–Kier alpha value is -0.640. The molecule has 0 aliphatic carbocycles. The number of nitrogens with two attached hydrogens (primary N) is 1. The Balaban J connectivity index is 2.23. The van der Waals surface area contributed by atoms with Gasteiger partial charge in [-0.25, -0.2) is 4.39 Å². The highest BCUT2D eigenvalue weighted by molar-refractivity contribution is 6.30. The van der Waals surface area contributed by atoms with Crippen molar-refractivity contribution in [2.24, 2.45) is 11.1 Å². The number of hydrogen-bond acceptors (Lipinski definition) is 2. The van der Waals surface area contributed by atoms with Gasteiger partial charge in [0.15, 0.2) is 0 Å². The van der Waals surface area contributed by atoms with Gasteiger partial charge in [0.05, 0.1) is 0 Å². The molecule has 1 aliphatic heterocycles. The first-order valence-electron chi connectivity index (χ1n) is 6.81. The van der Waals surface area contributed by atoms with E-state index in [0.29, 0.717) is 17.0 Å². The van der Waals surface area contributed by atoms with Crippen LogP contribution in [0.15, 0.2) is 18.2 Å². The van der Waals surface area contributed by atoms with Gasteiger partial charge in [-0.3, -0.25) is 4.90 Å². The Morgan fingerprint density at radius 1 is 1.42 bits per heavy atom. The maximum Gasteiger partial charge on any atom is 0.125 e. The minimum atomic E-state index is -0.294. The van der Waals surface area contributed by atoms with Crippen LogP contribution in [0, 0.1) is 11.2 Å². The van der Waals surface area contributed by atoms with Gasteiger partial charge >= 0.3 is 0 Å². The number of halogens is 2. The molecule has 0 spiro atoms. The second kappa shape index (κ2) is 5.78. The minimum absolute atomic E-state index is 0.0489. The summed E-state index contributed by atoms with van der Waals surface area (Å²) in [7, 11) is 0. The molecular formula is C15H22ClFN2. The monoisotopic (exact) mass is 284 g/mol. The lowest BCUT2D eigenvalue weighted by Gasteiger charge is -2.42. The standard InChI is InChI=1S/C15H22ClFN2/c1-15(2)4-3-5-19(10-15)14(9-18)11-6-12(16)8-13(17)7-11/h6-8,14H,3-5,9-10,18H2,1-2H3. The normalized spacial score (nSPS) is 21.3. The molecule has 1 aromatic carbocycles. The van der Waals surface area contributed by atoms with Crippen LogP contribution in [-0.4, -0.2) is 24.5 Å². The molecule has 0 bridgehead atoms. The predicted octanol–water partition coefficient (Wildman–Crippen LogP) is 3.60. The summed E-state index contributed by atoms with van der Waals surface area (Å²) in [6.45, 7) is 7.02. The van der Waals surface area contributed by atoms with Crippen molar-refractivity contribution in [1.82, 2.24) is 4.90 Å². The van der Waals surface area contributed by atoms with Gasteiger partial charge < -0.3 is 5.73 Å². The average molecular weight is 285 g/mol. The Labute approximate surface area is 119 Å². The SMILES string of the molecule is CC1(C)CCCN(C(CN)c2cc(F)cc(Cl)c2)C1. The Bertz CT molecular complexity index is 428. The molecular weight excluding hydrogens is 263 g/mol. The molecule has 106 valence electrons. The van der Waals surface area contributed by atoms with Crippen LogP contribution in [0.3, 0.4) is 0 Å². The van der Waals surface area contributed by atoms with E-state index in [1.807, 2.05) is 6.07 Å². The van der Waals surface area contributed by atoms with E-state index in [4.69, 9.17) is 17.3 Å². The van der Waals surface area contributed by atoms with Gasteiger partial charge in [0.25, 0.3) is 0 Å². The van der Waals surface area contributed by atoms with E-state index in [-0.39, 0.29) is 11.9 Å². The van der Waals surface area contributed by atoms with Crippen molar-refractivity contribution in [1.29, 1.82) is 0 Å². The van der Waals surface area contributed by atoms with Gasteiger partial charge in [0.1, 0.15) is 5.82 Å². The van der Waals surface area contributed by atoms with Gasteiger partial charge in [-0.2, -0.15) is 0 Å². The number of rotatable bonds is 3. The zero-order chi connectivity index (χ0) is 14.0. The molecule has 0 radical (unpaired) electrons. The lowest BCUT2D eigenvalue weighted by molar-refractivity contribution is 0.0806. The fraction of sp³-hybridized carbons (Fsp3) is 0.600. The molecule has 0 saturated carbocycles. The third-order valence-electron chi connectivity index (χ3n) is 3.86. The number of benzene rings is 1. The Morgan fingerprint density at radius 3 is 2.74 bits per heavy atom. The summed E-state index contributed by atoms with van der Waals surface area (Å²) in [6, 6.07) is 4.75. The summed E-state index contributed by atoms with van der Waals surface area (Å²) < 4.78 is 13.5. The quantitative estimate of drug-likeness (QED) is 0.919. The molecule has 4 heteroatoms. The maximum atomic E-state index is 13.5. The van der Waals surface area contributed by atoms with E-state index in [0.717, 1.165) is 25.1 Å². The largest absolute Gasteiger partial charge is 0.329 e. The molecule has 1 saturated heterocycles. The van der Waals surface area contributed by atoms with Crippen molar-refractivity contribution < 1.29 is 4.39 Å². The number of nitrogens with zero attached hydrogens (tertiary/aromatic N) is 1. The lowest BCUT2D eigenvalue weighted by atomic mass is 9.83. The molecule has 1 heterocycles. The highest BCUT2D eigenvalue weighted by Crippen LogP contribution is 2.34. The third-order valence-corrected chi connectivity index (χ3v) is 4.08. The molecule has 1 aliphatic rings. The summed E-state index contributed by atoms with van der Waals surface area (Å²) >= 11 is 5.95. The van der Waals surface area contributed by atoms with Crippen molar-refractivity contribution in [2.45, 2.75) is 32.7 Å². The zero-order valence-electron chi connectivity index (χ0n) is 11.6. The number of hydrogen-bond donors (Lipinski definition) is 1. The summed E-state index contributed by atoms with van der Waals surface area (Å²) in [5.74, 6) is -0.294. The molecule has 0 amide bonds. The van der Waals surface area contributed by atoms with Gasteiger partial charge in [0, 0.05) is 24.2 Å². The van der Waals surface area contributed by atoms with Gasteiger partial charge in [0.2, 0.25) is 0 Å². The highest BCUT2D eigenvalue weighted by Gasteiger charge is 2.30. The van der Waals surface area contributed by atoms with Crippen LogP contribution in [0.2, 0.25) is 5.02 Å². The van der Waals surface area contributed by atoms with Gasteiger partial charge in [-0.15, -0.1) is 0 Å². The van der Waals surface area contributed by atoms with Crippen LogP contribution in [0.1, 0.15) is 38.3 Å². The molecule has 2 nitrogen and oxygen atoms in total. The first-order valence-corrected chi connectivity index (χ1v) is 7.19. The van der Waals surface area contributed by atoms with Crippen LogP contribution in [0.5, 0.6) is 0 Å². The third kappa shape index (κ3) is 3.68. The van der Waals surface area contributed by atoms with Crippen molar-refractivity contribution in [2.75, 3.05) is 19.6 Å².